The van der Waals surface area contributed by atoms with Gasteiger partial charge in [0, 0.05) is 12.1 Å². The molecule has 0 rings (SSSR count). The number of unbranched alkanes of at least 4 members (excludes halogenated alkanes) is 30. The van der Waals surface area contributed by atoms with Gasteiger partial charge in [-0.05, 0) is 64.7 Å². The first kappa shape index (κ1) is 63.4. The predicted octanol–water partition coefficient (Wildman–Crippen LogP) is 13.4. The number of nitrogens with zero attached hydrogens (tertiary/aromatic N) is 2. The minimum atomic E-state index is -0.863. The van der Waals surface area contributed by atoms with Gasteiger partial charge in [0.05, 0.1) is 11.9 Å². The third-order valence-electron chi connectivity index (χ3n) is 12.3. The Morgan fingerprint density at radius 1 is 0.305 bits per heavy atom. The number of aliphatic carboxylic acids is 2. The van der Waals surface area contributed by atoms with E-state index in [0.717, 1.165) is 90.4 Å². The Bertz CT molecular complexity index is 725. The molecule has 0 saturated heterocycles. The zero-order chi connectivity index (χ0) is 43.2. The maximum atomic E-state index is 11.8. The van der Waals surface area contributed by atoms with Gasteiger partial charge in [-0.2, -0.15) is 0 Å². The van der Waals surface area contributed by atoms with E-state index in [1.165, 1.54) is 180 Å². The summed E-state index contributed by atoms with van der Waals surface area (Å²) >= 11 is 0. The molecular weight excluding hydrogens is 757 g/mol. The molecule has 0 heterocycles. The van der Waals surface area contributed by atoms with Crippen LogP contribution in [0, 0.1) is 0 Å². The van der Waals surface area contributed by atoms with Gasteiger partial charge in [-0.25, -0.2) is 0 Å². The number of carboxylic acids is 2. The second-order valence-corrected chi connectivity index (χ2v) is 17.9. The maximum Gasteiger partial charge on any atom is 2.00 e. The zero-order valence-electron chi connectivity index (χ0n) is 41.1. The molecule has 2 atom stereocenters. The third kappa shape index (κ3) is 44.5. The van der Waals surface area contributed by atoms with E-state index in [1.54, 1.807) is 0 Å². The Balaban J connectivity index is -0.00000105. The van der Waals surface area contributed by atoms with E-state index in [-0.39, 0.29) is 49.8 Å². The fourth-order valence-corrected chi connectivity index (χ4v) is 8.34. The topological polar surface area (TPSA) is 86.7 Å². The number of rotatable bonds is 46. The number of hydrogen-bond donors (Lipinski definition) is 0. The molecule has 59 heavy (non-hydrogen) atoms. The smallest absolute Gasteiger partial charge is 0.548 e. The van der Waals surface area contributed by atoms with Gasteiger partial charge in [0.25, 0.3) is 0 Å². The van der Waals surface area contributed by atoms with Crippen LogP contribution in [0.4, 0.5) is 0 Å². The van der Waals surface area contributed by atoms with Crippen molar-refractivity contribution in [3.63, 3.8) is 0 Å². The first-order valence-corrected chi connectivity index (χ1v) is 26.2. The molecule has 0 saturated carbocycles. The summed E-state index contributed by atoms with van der Waals surface area (Å²) in [6.45, 7) is 17.0. The Kier molecular flexibility index (Phi) is 56.4. The Morgan fingerprint density at radius 3 is 0.644 bits per heavy atom. The maximum absolute atomic E-state index is 11.8. The average molecular weight is 861 g/mol. The minimum absolute atomic E-state index is 0. The molecule has 0 aromatic heterocycles. The van der Waals surface area contributed by atoms with Gasteiger partial charge in [-0.3, -0.25) is 9.80 Å². The van der Waals surface area contributed by atoms with Crippen molar-refractivity contribution in [2.45, 2.75) is 298 Å². The molecule has 348 valence electrons. The molecule has 0 aromatic rings. The molecule has 0 N–H and O–H groups in total. The summed E-state index contributed by atoms with van der Waals surface area (Å²) in [4.78, 5) is 28.0. The Labute approximate surface area is 400 Å². The van der Waals surface area contributed by atoms with Crippen LogP contribution in [0.2, 0.25) is 0 Å². The van der Waals surface area contributed by atoms with Crippen LogP contribution in [0.15, 0.2) is 0 Å². The van der Waals surface area contributed by atoms with E-state index in [2.05, 4.69) is 51.3 Å². The van der Waals surface area contributed by atoms with Gasteiger partial charge in [0.2, 0.25) is 0 Å². The van der Waals surface area contributed by atoms with Gasteiger partial charge in [0.1, 0.15) is 0 Å². The van der Waals surface area contributed by atoms with Crippen molar-refractivity contribution in [2.75, 3.05) is 26.2 Å². The van der Waals surface area contributed by atoms with E-state index in [0.29, 0.717) is 0 Å². The molecule has 0 spiro atoms. The molecule has 2 unspecified atom stereocenters. The van der Waals surface area contributed by atoms with Crippen LogP contribution in [-0.4, -0.2) is 97.7 Å². The molecule has 7 heteroatoms. The summed E-state index contributed by atoms with van der Waals surface area (Å²) < 4.78 is 0. The van der Waals surface area contributed by atoms with E-state index in [4.69, 9.17) is 0 Å². The molecule has 0 aliphatic carbocycles. The summed E-state index contributed by atoms with van der Waals surface area (Å²) in [7, 11) is 0. The van der Waals surface area contributed by atoms with Crippen molar-refractivity contribution in [3.05, 3.63) is 0 Å². The first-order chi connectivity index (χ1) is 28.3. The SMILES string of the molecule is CCCCCCCCCCN(CCCCCCCCCC)C(CCCC)C(=O)[O-].CCCCCCCCCCN(CCCCCCCCCC)C(CCCC)C(=O)[O-].[Ca+2]. The van der Waals surface area contributed by atoms with E-state index < -0.39 is 11.9 Å². The van der Waals surface area contributed by atoms with E-state index in [9.17, 15) is 19.8 Å². The van der Waals surface area contributed by atoms with Crippen LogP contribution in [0.1, 0.15) is 286 Å². The molecule has 0 bridgehead atoms. The molecule has 0 radical (unpaired) electrons. The van der Waals surface area contributed by atoms with Gasteiger partial charge >= 0.3 is 37.7 Å². The Hall–Kier alpha value is 0.120. The van der Waals surface area contributed by atoms with Gasteiger partial charge in [0.15, 0.2) is 0 Å². The summed E-state index contributed by atoms with van der Waals surface area (Å²) in [5.74, 6) is -1.73. The summed E-state index contributed by atoms with van der Waals surface area (Å²) in [5, 5.41) is 23.5. The monoisotopic (exact) mass is 861 g/mol. The standard InChI is InChI=1S/2C26H53NO2.Ca/c2*1-4-7-10-12-14-16-18-20-23-27(25(26(28)29)22-9-6-3)24-21-19-17-15-13-11-8-5-2;/h2*25H,4-24H2,1-3H3,(H,28,29);/q;;+2/p-2. The molecule has 0 aliphatic rings. The molecular formula is C52H104CaN2O4. The van der Waals surface area contributed by atoms with Crippen LogP contribution in [-0.2, 0) is 9.59 Å². The second kappa shape index (κ2) is 52.5. The van der Waals surface area contributed by atoms with Crippen LogP contribution in [0.5, 0.6) is 0 Å². The van der Waals surface area contributed by atoms with Gasteiger partial charge < -0.3 is 19.8 Å². The number of carbonyl (C=O) groups is 2. The van der Waals surface area contributed by atoms with E-state index >= 15 is 0 Å². The second-order valence-electron chi connectivity index (χ2n) is 17.9. The minimum Gasteiger partial charge on any atom is -0.548 e. The van der Waals surface area contributed by atoms with E-state index in [1.807, 2.05) is 0 Å². The van der Waals surface area contributed by atoms with Crippen molar-refractivity contribution >= 4 is 49.7 Å². The number of carbonyl (C=O) groups excluding carboxylic acids is 2. The van der Waals surface area contributed by atoms with Crippen molar-refractivity contribution < 1.29 is 19.8 Å². The van der Waals surface area contributed by atoms with Crippen molar-refractivity contribution in [3.8, 4) is 0 Å². The molecule has 0 aliphatic heterocycles. The summed E-state index contributed by atoms with van der Waals surface area (Å²) in [5.41, 5.74) is 0. The van der Waals surface area contributed by atoms with Crippen molar-refractivity contribution in [2.24, 2.45) is 0 Å². The quantitative estimate of drug-likeness (QED) is 0.0448. The molecule has 0 fully saturated rings. The van der Waals surface area contributed by atoms with Gasteiger partial charge in [-0.15, -0.1) is 0 Å². The third-order valence-corrected chi connectivity index (χ3v) is 12.3. The predicted molar refractivity (Wildman–Crippen MR) is 256 cm³/mol. The fourth-order valence-electron chi connectivity index (χ4n) is 8.34. The zero-order valence-corrected chi connectivity index (χ0v) is 43.3. The number of hydrogen-bond acceptors (Lipinski definition) is 6. The summed E-state index contributed by atoms with van der Waals surface area (Å²) in [6, 6.07) is -0.770. The van der Waals surface area contributed by atoms with Crippen molar-refractivity contribution in [1.82, 2.24) is 9.80 Å². The number of carboxylic acid groups (broad SMARTS) is 2. The fraction of sp³-hybridized carbons (Fsp3) is 0.962. The molecule has 0 aromatic carbocycles. The first-order valence-electron chi connectivity index (χ1n) is 26.2. The summed E-state index contributed by atoms with van der Waals surface area (Å²) in [6.07, 6.45) is 47.0. The van der Waals surface area contributed by atoms with Gasteiger partial charge in [-0.1, -0.05) is 247 Å². The average Bonchev–Trinajstić information content (AvgIpc) is 3.21. The van der Waals surface area contributed by atoms with Crippen LogP contribution in [0.3, 0.4) is 0 Å². The van der Waals surface area contributed by atoms with Crippen LogP contribution in [0.25, 0.3) is 0 Å². The van der Waals surface area contributed by atoms with Crippen LogP contribution < -0.4 is 10.2 Å². The normalized spacial score (nSPS) is 12.3. The van der Waals surface area contributed by atoms with Crippen molar-refractivity contribution in [1.29, 1.82) is 0 Å². The molecule has 6 nitrogen and oxygen atoms in total. The Morgan fingerprint density at radius 2 is 0.475 bits per heavy atom. The van der Waals surface area contributed by atoms with Crippen LogP contribution >= 0.6 is 0 Å². The largest absolute Gasteiger partial charge is 2.00 e. The molecule has 0 amide bonds.